The molecule has 2 N–H and O–H groups in total. The number of methoxy groups -OCH3 is 1. The number of carbonyl (C=O) groups excluding carboxylic acids is 1. The number of esters is 1. The minimum Gasteiger partial charge on any atom is -0.468 e. The summed E-state index contributed by atoms with van der Waals surface area (Å²) in [5, 5.41) is 20.3. The first-order chi connectivity index (χ1) is 8.63. The third-order valence-corrected chi connectivity index (χ3v) is 4.16. The van der Waals surface area contributed by atoms with Gasteiger partial charge in [-0.2, -0.15) is 0 Å². The second kappa shape index (κ2) is 5.84. The summed E-state index contributed by atoms with van der Waals surface area (Å²) in [4.78, 5) is 14.5. The number of nitrogens with zero attached hydrogens (tertiary/aromatic N) is 1. The fraction of sp³-hybridized carbons (Fsp3) is 0.545. The zero-order valence-electron chi connectivity index (χ0n) is 10.2. The van der Waals surface area contributed by atoms with E-state index in [0.717, 1.165) is 24.3 Å². The largest absolute Gasteiger partial charge is 0.489 e. The summed E-state index contributed by atoms with van der Waals surface area (Å²) >= 11 is 1.47. The van der Waals surface area contributed by atoms with Crippen LogP contribution in [-0.4, -0.2) is 47.7 Å². The molecular formula is C11H16BNO4S. The quantitative estimate of drug-likeness (QED) is 0.573. The first-order valence-corrected chi connectivity index (χ1v) is 6.75. The van der Waals surface area contributed by atoms with E-state index in [0.29, 0.717) is 12.0 Å². The van der Waals surface area contributed by atoms with Gasteiger partial charge in [0.15, 0.2) is 0 Å². The maximum atomic E-state index is 11.6. The van der Waals surface area contributed by atoms with Crippen LogP contribution in [0, 0.1) is 0 Å². The van der Waals surface area contributed by atoms with E-state index < -0.39 is 7.12 Å². The Balaban J connectivity index is 2.08. The highest BCUT2D eigenvalue weighted by Crippen LogP contribution is 2.22. The highest BCUT2D eigenvalue weighted by atomic mass is 32.1. The van der Waals surface area contributed by atoms with Crippen molar-refractivity contribution in [2.75, 3.05) is 13.7 Å². The lowest BCUT2D eigenvalue weighted by atomic mass is 9.80. The Morgan fingerprint density at radius 1 is 1.67 bits per heavy atom. The van der Waals surface area contributed by atoms with E-state index in [9.17, 15) is 14.8 Å². The van der Waals surface area contributed by atoms with Crippen LogP contribution in [-0.2, 0) is 16.1 Å². The number of rotatable bonds is 4. The van der Waals surface area contributed by atoms with Crippen molar-refractivity contribution in [3.8, 4) is 0 Å². The van der Waals surface area contributed by atoms with E-state index in [1.165, 1.54) is 18.4 Å². The van der Waals surface area contributed by atoms with Crippen LogP contribution < -0.4 is 5.46 Å². The van der Waals surface area contributed by atoms with Crippen molar-refractivity contribution < 1.29 is 19.6 Å². The Morgan fingerprint density at radius 3 is 3.11 bits per heavy atom. The minimum absolute atomic E-state index is 0.208. The SMILES string of the molecule is COC(=O)[C@H]1CCCN1Cc1sccc1B(O)O. The predicted octanol–water partition coefficient (Wildman–Crippen LogP) is -0.435. The van der Waals surface area contributed by atoms with Crippen molar-refractivity contribution >= 4 is 29.9 Å². The zero-order valence-corrected chi connectivity index (χ0v) is 11.0. The van der Waals surface area contributed by atoms with Crippen molar-refractivity contribution in [2.24, 2.45) is 0 Å². The standard InChI is InChI=1S/C11H16BNO4S/c1-17-11(14)9-3-2-5-13(9)7-10-8(12(15)16)4-6-18-10/h4,6,9,15-16H,2-3,5,7H2,1H3/t9-/m1/s1. The molecule has 0 aliphatic carbocycles. The molecule has 0 saturated carbocycles. The lowest BCUT2D eigenvalue weighted by Crippen LogP contribution is -2.39. The summed E-state index contributed by atoms with van der Waals surface area (Å²) in [5.74, 6) is -0.213. The number of hydrogen-bond acceptors (Lipinski definition) is 6. The van der Waals surface area contributed by atoms with Crippen LogP contribution >= 0.6 is 11.3 Å². The van der Waals surface area contributed by atoms with Gasteiger partial charge in [-0.1, -0.05) is 6.07 Å². The van der Waals surface area contributed by atoms with E-state index >= 15 is 0 Å². The smallest absolute Gasteiger partial charge is 0.468 e. The van der Waals surface area contributed by atoms with Gasteiger partial charge in [-0.15, -0.1) is 11.3 Å². The fourth-order valence-electron chi connectivity index (χ4n) is 2.31. The molecule has 1 aromatic rings. The maximum Gasteiger partial charge on any atom is 0.489 e. The molecule has 1 fully saturated rings. The molecule has 1 aliphatic rings. The Hall–Kier alpha value is -0.885. The zero-order chi connectivity index (χ0) is 13.1. The van der Waals surface area contributed by atoms with Crippen molar-refractivity contribution in [1.82, 2.24) is 4.90 Å². The van der Waals surface area contributed by atoms with Gasteiger partial charge in [-0.3, -0.25) is 9.69 Å². The van der Waals surface area contributed by atoms with Gasteiger partial charge >= 0.3 is 13.1 Å². The van der Waals surface area contributed by atoms with Crippen LogP contribution in [0.3, 0.4) is 0 Å². The normalized spacial score (nSPS) is 20.1. The summed E-state index contributed by atoms with van der Waals surface area (Å²) in [7, 11) is -0.0576. The van der Waals surface area contributed by atoms with E-state index in [-0.39, 0.29) is 12.0 Å². The van der Waals surface area contributed by atoms with Crippen LogP contribution in [0.4, 0.5) is 0 Å². The van der Waals surface area contributed by atoms with Gasteiger partial charge in [0, 0.05) is 11.4 Å². The van der Waals surface area contributed by atoms with Crippen LogP contribution in [0.5, 0.6) is 0 Å². The van der Waals surface area contributed by atoms with Crippen LogP contribution in [0.25, 0.3) is 0 Å². The van der Waals surface area contributed by atoms with E-state index in [4.69, 9.17) is 4.74 Å². The first kappa shape index (κ1) is 13.5. The first-order valence-electron chi connectivity index (χ1n) is 5.87. The Kier molecular flexibility index (Phi) is 4.39. The predicted molar refractivity (Wildman–Crippen MR) is 69.6 cm³/mol. The summed E-state index contributed by atoms with van der Waals surface area (Å²) in [5.41, 5.74) is 0.524. The lowest BCUT2D eigenvalue weighted by Gasteiger charge is -2.22. The topological polar surface area (TPSA) is 70.0 Å². The van der Waals surface area contributed by atoms with Crippen molar-refractivity contribution in [1.29, 1.82) is 0 Å². The van der Waals surface area contributed by atoms with Gasteiger partial charge in [-0.05, 0) is 30.2 Å². The summed E-state index contributed by atoms with van der Waals surface area (Å²) in [6, 6.07) is 1.49. The molecule has 0 radical (unpaired) electrons. The molecule has 18 heavy (non-hydrogen) atoms. The molecule has 1 atom stereocenters. The molecule has 0 aromatic carbocycles. The van der Waals surface area contributed by atoms with Gasteiger partial charge in [0.1, 0.15) is 6.04 Å². The van der Waals surface area contributed by atoms with E-state index in [1.807, 2.05) is 10.3 Å². The number of ether oxygens (including phenoxy) is 1. The van der Waals surface area contributed by atoms with Crippen LogP contribution in [0.2, 0.25) is 0 Å². The number of likely N-dealkylation sites (tertiary alicyclic amines) is 1. The second-order valence-electron chi connectivity index (χ2n) is 4.32. The van der Waals surface area contributed by atoms with Crippen LogP contribution in [0.1, 0.15) is 17.7 Å². The molecule has 0 amide bonds. The van der Waals surface area contributed by atoms with Gasteiger partial charge in [0.25, 0.3) is 0 Å². The molecule has 2 rings (SSSR count). The molecule has 0 unspecified atom stereocenters. The Morgan fingerprint density at radius 2 is 2.44 bits per heavy atom. The summed E-state index contributed by atoms with van der Waals surface area (Å²) < 4.78 is 4.79. The van der Waals surface area contributed by atoms with Crippen molar-refractivity contribution in [3.05, 3.63) is 16.3 Å². The number of hydrogen-bond donors (Lipinski definition) is 2. The van der Waals surface area contributed by atoms with Crippen molar-refractivity contribution in [2.45, 2.75) is 25.4 Å². The number of thiophene rings is 1. The average molecular weight is 269 g/mol. The molecule has 98 valence electrons. The average Bonchev–Trinajstić information content (AvgIpc) is 2.97. The molecular weight excluding hydrogens is 253 g/mol. The van der Waals surface area contributed by atoms with E-state index in [1.54, 1.807) is 6.07 Å². The summed E-state index contributed by atoms with van der Waals surface area (Å²) in [6.45, 7) is 1.39. The Labute approximate surface area is 110 Å². The highest BCUT2D eigenvalue weighted by Gasteiger charge is 2.32. The van der Waals surface area contributed by atoms with Gasteiger partial charge in [-0.25, -0.2) is 0 Å². The minimum atomic E-state index is -1.45. The monoisotopic (exact) mass is 269 g/mol. The molecule has 1 aliphatic heterocycles. The van der Waals surface area contributed by atoms with Crippen molar-refractivity contribution in [3.63, 3.8) is 0 Å². The molecule has 7 heteroatoms. The van der Waals surface area contributed by atoms with Gasteiger partial charge in [0.2, 0.25) is 0 Å². The van der Waals surface area contributed by atoms with Crippen LogP contribution in [0.15, 0.2) is 11.4 Å². The van der Waals surface area contributed by atoms with Gasteiger partial charge < -0.3 is 14.8 Å². The molecule has 0 spiro atoms. The number of carbonyl (C=O) groups is 1. The maximum absolute atomic E-state index is 11.6. The second-order valence-corrected chi connectivity index (χ2v) is 5.33. The highest BCUT2D eigenvalue weighted by molar-refractivity contribution is 7.11. The summed E-state index contributed by atoms with van der Waals surface area (Å²) in [6.07, 6.45) is 1.76. The third-order valence-electron chi connectivity index (χ3n) is 3.24. The molecule has 2 heterocycles. The van der Waals surface area contributed by atoms with E-state index in [2.05, 4.69) is 0 Å². The lowest BCUT2D eigenvalue weighted by molar-refractivity contribution is -0.146. The third kappa shape index (κ3) is 2.75. The van der Waals surface area contributed by atoms with Gasteiger partial charge in [0.05, 0.1) is 7.11 Å². The molecule has 0 bridgehead atoms. The Bertz CT molecular complexity index is 423. The fourth-order valence-corrected chi connectivity index (χ4v) is 3.24. The molecule has 1 aromatic heterocycles. The molecule has 1 saturated heterocycles. The molecule has 5 nitrogen and oxygen atoms in total.